The molecule has 25 heavy (non-hydrogen) atoms. The number of carbonyl (C=O) groups excluding carboxylic acids is 1. The summed E-state index contributed by atoms with van der Waals surface area (Å²) in [5.41, 5.74) is 3.32. The zero-order valence-electron chi connectivity index (χ0n) is 12.9. The van der Waals surface area contributed by atoms with Crippen molar-refractivity contribution in [1.29, 1.82) is 0 Å². The Labute approximate surface area is 158 Å². The van der Waals surface area contributed by atoms with E-state index in [2.05, 4.69) is 16.4 Å². The highest BCUT2D eigenvalue weighted by Gasteiger charge is 2.16. The maximum Gasteiger partial charge on any atom is 0.259 e. The smallest absolute Gasteiger partial charge is 0.259 e. The van der Waals surface area contributed by atoms with E-state index in [-0.39, 0.29) is 5.91 Å². The number of amides is 1. The van der Waals surface area contributed by atoms with Crippen molar-refractivity contribution in [1.82, 2.24) is 4.98 Å². The van der Waals surface area contributed by atoms with Crippen LogP contribution in [0.2, 0.25) is 10.0 Å². The van der Waals surface area contributed by atoms with E-state index in [0.29, 0.717) is 20.7 Å². The van der Waals surface area contributed by atoms with Gasteiger partial charge in [-0.15, -0.1) is 11.3 Å². The second-order valence-electron chi connectivity index (χ2n) is 5.54. The van der Waals surface area contributed by atoms with Gasteiger partial charge in [-0.3, -0.25) is 10.1 Å². The lowest BCUT2D eigenvalue weighted by Gasteiger charge is -2.04. The number of benzene rings is 2. The predicted octanol–water partition coefficient (Wildman–Crippen LogP) is 5.30. The SMILES string of the molecule is O=C(Nc1nc(-c2ccc3c(c2)CCO3)cs1)c1cc(Cl)ccc1Cl. The lowest BCUT2D eigenvalue weighted by atomic mass is 10.1. The van der Waals surface area contributed by atoms with Crippen molar-refractivity contribution in [3.05, 3.63) is 63.0 Å². The van der Waals surface area contributed by atoms with Crippen LogP contribution >= 0.6 is 34.5 Å². The Morgan fingerprint density at radius 2 is 2.08 bits per heavy atom. The molecule has 2 aromatic carbocycles. The van der Waals surface area contributed by atoms with Crippen LogP contribution < -0.4 is 10.1 Å². The first-order valence-corrected chi connectivity index (χ1v) is 9.22. The first-order valence-electron chi connectivity index (χ1n) is 7.58. The Morgan fingerprint density at radius 3 is 2.96 bits per heavy atom. The second-order valence-corrected chi connectivity index (χ2v) is 7.24. The standard InChI is InChI=1S/C18H12Cl2N2O2S/c19-12-2-3-14(20)13(8-12)17(23)22-18-21-15(9-25-18)10-1-4-16-11(7-10)5-6-24-16/h1-4,7-9H,5-6H2,(H,21,22,23). The van der Waals surface area contributed by atoms with Crippen LogP contribution in [0.15, 0.2) is 41.8 Å². The molecule has 3 aromatic rings. The highest BCUT2D eigenvalue weighted by Crippen LogP contribution is 2.32. The molecule has 0 aliphatic carbocycles. The largest absolute Gasteiger partial charge is 0.493 e. The molecular weight excluding hydrogens is 379 g/mol. The molecule has 0 bridgehead atoms. The van der Waals surface area contributed by atoms with Gasteiger partial charge in [-0.25, -0.2) is 4.98 Å². The maximum absolute atomic E-state index is 12.4. The molecule has 0 unspecified atom stereocenters. The lowest BCUT2D eigenvalue weighted by molar-refractivity contribution is 0.102. The monoisotopic (exact) mass is 390 g/mol. The number of fused-ring (bicyclic) bond motifs is 1. The number of anilines is 1. The molecule has 0 saturated carbocycles. The maximum atomic E-state index is 12.4. The van der Waals surface area contributed by atoms with Crippen LogP contribution in [0.25, 0.3) is 11.3 Å². The first kappa shape index (κ1) is 16.4. The minimum Gasteiger partial charge on any atom is -0.493 e. The minimum atomic E-state index is -0.337. The molecule has 1 aromatic heterocycles. The van der Waals surface area contributed by atoms with Gasteiger partial charge in [0.2, 0.25) is 0 Å². The summed E-state index contributed by atoms with van der Waals surface area (Å²) in [5.74, 6) is 0.596. The summed E-state index contributed by atoms with van der Waals surface area (Å²) in [6.07, 6.45) is 0.907. The molecule has 0 spiro atoms. The van der Waals surface area contributed by atoms with E-state index in [9.17, 15) is 4.79 Å². The van der Waals surface area contributed by atoms with Gasteiger partial charge >= 0.3 is 0 Å². The third-order valence-corrected chi connectivity index (χ3v) is 5.21. The molecule has 1 aliphatic rings. The molecule has 126 valence electrons. The van der Waals surface area contributed by atoms with Crippen molar-refractivity contribution in [2.24, 2.45) is 0 Å². The van der Waals surface area contributed by atoms with Crippen molar-refractivity contribution in [2.75, 3.05) is 11.9 Å². The van der Waals surface area contributed by atoms with E-state index < -0.39 is 0 Å². The summed E-state index contributed by atoms with van der Waals surface area (Å²) in [6.45, 7) is 0.720. The number of ether oxygens (including phenoxy) is 1. The van der Waals surface area contributed by atoms with Gasteiger partial charge in [0.05, 0.1) is 22.9 Å². The van der Waals surface area contributed by atoms with Gasteiger partial charge in [-0.05, 0) is 42.0 Å². The first-order chi connectivity index (χ1) is 12.1. The fourth-order valence-corrected chi connectivity index (χ4v) is 3.74. The van der Waals surface area contributed by atoms with Crippen molar-refractivity contribution in [3.63, 3.8) is 0 Å². The molecular formula is C18H12Cl2N2O2S. The molecule has 0 saturated heterocycles. The van der Waals surface area contributed by atoms with Gasteiger partial charge in [-0.1, -0.05) is 23.2 Å². The molecule has 0 fully saturated rings. The van der Waals surface area contributed by atoms with Gasteiger partial charge in [0.25, 0.3) is 5.91 Å². The summed E-state index contributed by atoms with van der Waals surface area (Å²) in [6, 6.07) is 10.8. The van der Waals surface area contributed by atoms with Gasteiger partial charge in [0.15, 0.2) is 5.13 Å². The molecule has 1 aliphatic heterocycles. The molecule has 7 heteroatoms. The summed E-state index contributed by atoms with van der Waals surface area (Å²) in [4.78, 5) is 16.9. The van der Waals surface area contributed by atoms with Gasteiger partial charge in [-0.2, -0.15) is 0 Å². The van der Waals surface area contributed by atoms with Crippen LogP contribution in [0.1, 0.15) is 15.9 Å². The minimum absolute atomic E-state index is 0.320. The molecule has 1 N–H and O–H groups in total. The molecule has 0 radical (unpaired) electrons. The third kappa shape index (κ3) is 3.35. The lowest BCUT2D eigenvalue weighted by Crippen LogP contribution is -2.12. The predicted molar refractivity (Wildman–Crippen MR) is 101 cm³/mol. The number of carbonyl (C=O) groups is 1. The molecule has 1 amide bonds. The van der Waals surface area contributed by atoms with Gasteiger partial charge in [0.1, 0.15) is 5.75 Å². The number of halogens is 2. The average molecular weight is 391 g/mol. The number of aromatic nitrogens is 1. The van der Waals surface area contributed by atoms with E-state index in [1.165, 1.54) is 23.0 Å². The fourth-order valence-electron chi connectivity index (χ4n) is 2.65. The number of rotatable bonds is 3. The summed E-state index contributed by atoms with van der Waals surface area (Å²) in [5, 5.41) is 5.98. The fraction of sp³-hybridized carbons (Fsp3) is 0.111. The number of hydrogen-bond acceptors (Lipinski definition) is 4. The number of thiazole rings is 1. The Morgan fingerprint density at radius 1 is 1.20 bits per heavy atom. The second kappa shape index (κ2) is 6.67. The van der Waals surface area contributed by atoms with Crippen molar-refractivity contribution in [3.8, 4) is 17.0 Å². The normalized spacial score (nSPS) is 12.6. The number of nitrogens with one attached hydrogen (secondary N) is 1. The highest BCUT2D eigenvalue weighted by molar-refractivity contribution is 7.14. The van der Waals surface area contributed by atoms with E-state index in [4.69, 9.17) is 27.9 Å². The number of hydrogen-bond donors (Lipinski definition) is 1. The van der Waals surface area contributed by atoms with Crippen molar-refractivity contribution < 1.29 is 9.53 Å². The summed E-state index contributed by atoms with van der Waals surface area (Å²) in [7, 11) is 0. The molecule has 0 atom stereocenters. The van der Waals surface area contributed by atoms with Crippen LogP contribution in [-0.4, -0.2) is 17.5 Å². The van der Waals surface area contributed by atoms with Crippen molar-refractivity contribution in [2.45, 2.75) is 6.42 Å². The van der Waals surface area contributed by atoms with Gasteiger partial charge in [0, 0.05) is 22.4 Å². The van der Waals surface area contributed by atoms with Crippen LogP contribution in [0.5, 0.6) is 5.75 Å². The van der Waals surface area contributed by atoms with Crippen LogP contribution in [0, 0.1) is 0 Å². The summed E-state index contributed by atoms with van der Waals surface area (Å²) >= 11 is 13.4. The molecule has 4 rings (SSSR count). The third-order valence-electron chi connectivity index (χ3n) is 3.88. The van der Waals surface area contributed by atoms with E-state index in [1.54, 1.807) is 12.1 Å². The van der Waals surface area contributed by atoms with E-state index in [1.807, 2.05) is 17.5 Å². The summed E-state index contributed by atoms with van der Waals surface area (Å²) < 4.78 is 5.52. The highest BCUT2D eigenvalue weighted by atomic mass is 35.5. The Hall–Kier alpha value is -2.08. The zero-order chi connectivity index (χ0) is 17.4. The van der Waals surface area contributed by atoms with E-state index >= 15 is 0 Å². The van der Waals surface area contributed by atoms with E-state index in [0.717, 1.165) is 30.0 Å². The van der Waals surface area contributed by atoms with Crippen LogP contribution in [-0.2, 0) is 6.42 Å². The number of nitrogens with zero attached hydrogens (tertiary/aromatic N) is 1. The Kier molecular flexibility index (Phi) is 4.37. The molecule has 2 heterocycles. The van der Waals surface area contributed by atoms with Crippen LogP contribution in [0.3, 0.4) is 0 Å². The molecule has 4 nitrogen and oxygen atoms in total. The Balaban J connectivity index is 1.55. The van der Waals surface area contributed by atoms with Crippen LogP contribution in [0.4, 0.5) is 5.13 Å². The van der Waals surface area contributed by atoms with Gasteiger partial charge < -0.3 is 4.74 Å². The van der Waals surface area contributed by atoms with Crippen molar-refractivity contribution >= 4 is 45.6 Å². The zero-order valence-corrected chi connectivity index (χ0v) is 15.2. The average Bonchev–Trinajstić information content (AvgIpc) is 3.25. The Bertz CT molecular complexity index is 971. The quantitative estimate of drug-likeness (QED) is 0.659. The topological polar surface area (TPSA) is 51.2 Å².